The molecular formula is C17H13ClFN3OS. The molecule has 1 aromatic heterocycles. The highest BCUT2D eigenvalue weighted by Crippen LogP contribution is 2.29. The van der Waals surface area contributed by atoms with Crippen molar-refractivity contribution in [1.82, 2.24) is 10.2 Å². The predicted octanol–water partition coefficient (Wildman–Crippen LogP) is 4.66. The Kier molecular flexibility index (Phi) is 4.87. The average Bonchev–Trinajstić information content (AvgIpc) is 3.06. The van der Waals surface area contributed by atoms with Gasteiger partial charge in [-0.15, -0.1) is 10.2 Å². The molecule has 0 aliphatic heterocycles. The van der Waals surface area contributed by atoms with Crippen LogP contribution in [0.5, 0.6) is 0 Å². The molecule has 0 N–H and O–H groups in total. The van der Waals surface area contributed by atoms with Crippen LogP contribution in [0.2, 0.25) is 5.02 Å². The molecule has 0 fully saturated rings. The van der Waals surface area contributed by atoms with E-state index in [0.717, 1.165) is 5.56 Å². The Bertz CT molecular complexity index is 866. The zero-order chi connectivity index (χ0) is 17.1. The summed E-state index contributed by atoms with van der Waals surface area (Å²) in [6, 6.07) is 12.8. The van der Waals surface area contributed by atoms with Crippen LogP contribution in [0, 0.1) is 5.82 Å². The lowest BCUT2D eigenvalue weighted by Gasteiger charge is -2.17. The number of halogens is 2. The number of carbonyl (C=O) groups is 1. The number of aromatic nitrogens is 2. The van der Waals surface area contributed by atoms with Crippen LogP contribution in [-0.4, -0.2) is 22.6 Å². The monoisotopic (exact) mass is 361 g/mol. The first-order valence-corrected chi connectivity index (χ1v) is 8.45. The fourth-order valence-corrected chi connectivity index (χ4v) is 3.28. The van der Waals surface area contributed by atoms with Crippen molar-refractivity contribution in [3.8, 4) is 10.6 Å². The van der Waals surface area contributed by atoms with Crippen LogP contribution >= 0.6 is 22.9 Å². The molecule has 0 radical (unpaired) electrons. The van der Waals surface area contributed by atoms with Crippen molar-refractivity contribution in [2.75, 3.05) is 11.4 Å². The first-order valence-electron chi connectivity index (χ1n) is 7.25. The Hall–Kier alpha value is -2.31. The van der Waals surface area contributed by atoms with Gasteiger partial charge in [0.15, 0.2) is 0 Å². The molecule has 24 heavy (non-hydrogen) atoms. The van der Waals surface area contributed by atoms with Crippen LogP contribution < -0.4 is 4.90 Å². The SMILES string of the molecule is CCN(C(=O)c1cccc(Cl)c1)c1nnc(-c2ccc(F)cc2)s1. The normalized spacial score (nSPS) is 10.6. The molecule has 0 bridgehead atoms. The minimum absolute atomic E-state index is 0.193. The second kappa shape index (κ2) is 7.07. The van der Waals surface area contributed by atoms with E-state index in [1.807, 2.05) is 6.92 Å². The summed E-state index contributed by atoms with van der Waals surface area (Å²) in [7, 11) is 0. The van der Waals surface area contributed by atoms with E-state index < -0.39 is 0 Å². The van der Waals surface area contributed by atoms with Gasteiger partial charge in [0.25, 0.3) is 5.91 Å². The van der Waals surface area contributed by atoms with Gasteiger partial charge in [0.05, 0.1) is 0 Å². The standard InChI is InChI=1S/C17H13ClFN3OS/c1-2-22(16(23)12-4-3-5-13(18)10-12)17-21-20-15(24-17)11-6-8-14(19)9-7-11/h3-10H,2H2,1H3. The molecule has 122 valence electrons. The Morgan fingerprint density at radius 2 is 1.96 bits per heavy atom. The molecule has 0 saturated carbocycles. The van der Waals surface area contributed by atoms with Crippen molar-refractivity contribution in [3.05, 3.63) is 64.9 Å². The van der Waals surface area contributed by atoms with Crippen molar-refractivity contribution in [3.63, 3.8) is 0 Å². The number of rotatable bonds is 4. The van der Waals surface area contributed by atoms with Crippen molar-refractivity contribution < 1.29 is 9.18 Å². The maximum absolute atomic E-state index is 13.0. The highest BCUT2D eigenvalue weighted by molar-refractivity contribution is 7.18. The highest BCUT2D eigenvalue weighted by atomic mass is 35.5. The van der Waals surface area contributed by atoms with Gasteiger partial charge in [0.1, 0.15) is 10.8 Å². The van der Waals surface area contributed by atoms with Crippen LogP contribution in [-0.2, 0) is 0 Å². The highest BCUT2D eigenvalue weighted by Gasteiger charge is 2.20. The second-order valence-electron chi connectivity index (χ2n) is 4.96. The lowest BCUT2D eigenvalue weighted by molar-refractivity contribution is 0.0988. The summed E-state index contributed by atoms with van der Waals surface area (Å²) in [6.07, 6.45) is 0. The fraction of sp³-hybridized carbons (Fsp3) is 0.118. The summed E-state index contributed by atoms with van der Waals surface area (Å²) in [6.45, 7) is 2.31. The first kappa shape index (κ1) is 16.5. The second-order valence-corrected chi connectivity index (χ2v) is 6.35. The molecule has 0 aliphatic carbocycles. The van der Waals surface area contributed by atoms with Gasteiger partial charge >= 0.3 is 0 Å². The minimum atomic E-state index is -0.310. The van der Waals surface area contributed by atoms with E-state index in [1.165, 1.54) is 28.4 Å². The quantitative estimate of drug-likeness (QED) is 0.678. The topological polar surface area (TPSA) is 46.1 Å². The maximum Gasteiger partial charge on any atom is 0.260 e. The molecule has 4 nitrogen and oxygen atoms in total. The molecular weight excluding hydrogens is 349 g/mol. The van der Waals surface area contributed by atoms with E-state index >= 15 is 0 Å². The van der Waals surface area contributed by atoms with E-state index in [4.69, 9.17) is 11.6 Å². The molecule has 0 aliphatic rings. The Morgan fingerprint density at radius 1 is 1.21 bits per heavy atom. The van der Waals surface area contributed by atoms with Gasteiger partial charge in [-0.25, -0.2) is 4.39 Å². The summed E-state index contributed by atoms with van der Waals surface area (Å²) in [5.74, 6) is -0.503. The number of amides is 1. The van der Waals surface area contributed by atoms with E-state index in [-0.39, 0.29) is 11.7 Å². The van der Waals surface area contributed by atoms with Crippen LogP contribution in [0.15, 0.2) is 48.5 Å². The number of anilines is 1. The lowest BCUT2D eigenvalue weighted by atomic mass is 10.2. The van der Waals surface area contributed by atoms with Crippen LogP contribution in [0.4, 0.5) is 9.52 Å². The Labute approximate surface area is 147 Å². The fourth-order valence-electron chi connectivity index (χ4n) is 2.18. The van der Waals surface area contributed by atoms with Crippen LogP contribution in [0.3, 0.4) is 0 Å². The zero-order valence-corrected chi connectivity index (χ0v) is 14.3. The number of benzene rings is 2. The van der Waals surface area contributed by atoms with Crippen LogP contribution in [0.1, 0.15) is 17.3 Å². The van der Waals surface area contributed by atoms with Gasteiger partial charge in [0, 0.05) is 22.7 Å². The third-order valence-corrected chi connectivity index (χ3v) is 4.60. The molecule has 0 saturated heterocycles. The van der Waals surface area contributed by atoms with E-state index in [0.29, 0.717) is 27.3 Å². The Morgan fingerprint density at radius 3 is 2.62 bits per heavy atom. The number of hydrogen-bond acceptors (Lipinski definition) is 4. The van der Waals surface area contributed by atoms with Gasteiger partial charge in [-0.1, -0.05) is 29.0 Å². The molecule has 7 heteroatoms. The first-order chi connectivity index (χ1) is 11.6. The van der Waals surface area contributed by atoms with Gasteiger partial charge in [-0.05, 0) is 49.4 Å². The van der Waals surface area contributed by atoms with Gasteiger partial charge in [0.2, 0.25) is 5.13 Å². The van der Waals surface area contributed by atoms with E-state index in [9.17, 15) is 9.18 Å². The van der Waals surface area contributed by atoms with E-state index in [2.05, 4.69) is 10.2 Å². The smallest absolute Gasteiger partial charge is 0.260 e. The van der Waals surface area contributed by atoms with Crippen molar-refractivity contribution in [1.29, 1.82) is 0 Å². The Balaban J connectivity index is 1.89. The minimum Gasteiger partial charge on any atom is -0.283 e. The maximum atomic E-state index is 13.0. The zero-order valence-electron chi connectivity index (χ0n) is 12.7. The molecule has 2 aromatic carbocycles. The molecule has 3 aromatic rings. The molecule has 0 spiro atoms. The summed E-state index contributed by atoms with van der Waals surface area (Å²) in [4.78, 5) is 14.2. The number of hydrogen-bond donors (Lipinski definition) is 0. The van der Waals surface area contributed by atoms with Gasteiger partial charge < -0.3 is 0 Å². The number of carbonyl (C=O) groups excluding carboxylic acids is 1. The number of nitrogens with zero attached hydrogens (tertiary/aromatic N) is 3. The summed E-state index contributed by atoms with van der Waals surface area (Å²) in [5.41, 5.74) is 1.24. The largest absolute Gasteiger partial charge is 0.283 e. The van der Waals surface area contributed by atoms with Crippen molar-refractivity contribution in [2.45, 2.75) is 6.92 Å². The summed E-state index contributed by atoms with van der Waals surface area (Å²) in [5, 5.41) is 9.82. The van der Waals surface area contributed by atoms with Crippen molar-refractivity contribution in [2.24, 2.45) is 0 Å². The lowest BCUT2D eigenvalue weighted by Crippen LogP contribution is -2.30. The summed E-state index contributed by atoms with van der Waals surface area (Å²) < 4.78 is 13.0. The molecule has 0 atom stereocenters. The third-order valence-electron chi connectivity index (χ3n) is 3.37. The van der Waals surface area contributed by atoms with Crippen molar-refractivity contribution >= 4 is 34.0 Å². The van der Waals surface area contributed by atoms with Gasteiger partial charge in [-0.3, -0.25) is 9.69 Å². The molecule has 0 unspecified atom stereocenters. The summed E-state index contributed by atoms with van der Waals surface area (Å²) >= 11 is 7.23. The van der Waals surface area contributed by atoms with E-state index in [1.54, 1.807) is 36.4 Å². The molecule has 3 rings (SSSR count). The predicted molar refractivity (Wildman–Crippen MR) is 94.1 cm³/mol. The molecule has 1 heterocycles. The molecule has 1 amide bonds. The third kappa shape index (κ3) is 3.44. The average molecular weight is 362 g/mol. The van der Waals surface area contributed by atoms with Crippen LogP contribution in [0.25, 0.3) is 10.6 Å². The van der Waals surface area contributed by atoms with Gasteiger partial charge in [-0.2, -0.15) is 0 Å².